The van der Waals surface area contributed by atoms with Crippen molar-refractivity contribution in [1.29, 1.82) is 0 Å². The topological polar surface area (TPSA) is 112 Å². The highest BCUT2D eigenvalue weighted by molar-refractivity contribution is 6.06. The Labute approximate surface area is 176 Å². The Morgan fingerprint density at radius 2 is 1.87 bits per heavy atom. The average molecular weight is 432 g/mol. The Balaban J connectivity index is 0.000000185. The van der Waals surface area contributed by atoms with Gasteiger partial charge in [-0.1, -0.05) is 0 Å². The molecular formula is C22H22F2N2O5. The zero-order valence-corrected chi connectivity index (χ0v) is 16.7. The van der Waals surface area contributed by atoms with Gasteiger partial charge in [-0.05, 0) is 55.3 Å². The second-order valence-corrected chi connectivity index (χ2v) is 6.96. The highest BCUT2D eigenvalue weighted by atomic mass is 19.1. The van der Waals surface area contributed by atoms with Crippen molar-refractivity contribution in [3.05, 3.63) is 65.4 Å². The summed E-state index contributed by atoms with van der Waals surface area (Å²) in [6, 6.07) is 8.14. The van der Waals surface area contributed by atoms with Crippen LogP contribution in [0.25, 0.3) is 10.9 Å². The molecule has 2 aromatic carbocycles. The van der Waals surface area contributed by atoms with Crippen molar-refractivity contribution >= 4 is 28.5 Å². The first-order valence-electron chi connectivity index (χ1n) is 9.64. The number of H-pyrrole nitrogens is 1. The second-order valence-electron chi connectivity index (χ2n) is 6.96. The number of aliphatic hydroxyl groups excluding tert-OH is 1. The Kier molecular flexibility index (Phi) is 6.67. The number of anilines is 1. The van der Waals surface area contributed by atoms with Gasteiger partial charge in [0.25, 0.3) is 5.91 Å². The number of carbonyl (C=O) groups is 2. The molecule has 1 aromatic heterocycles. The molecule has 4 rings (SSSR count). The standard InChI is InChI=1S/C12H12FNO4.C10H10FNO/c1-2-18-10(15)6-12(17)8-5-7(13)3-4-9(8)14-11(12)16;11-8-1-2-10-9(5-8)7(3-4-13)6-12-10/h3-5,17H,2,6H2,1H3,(H,14,16);1-2,5-6,12-13H,3-4H2. The number of hydrogen-bond acceptors (Lipinski definition) is 5. The van der Waals surface area contributed by atoms with Crippen LogP contribution in [0.15, 0.2) is 42.6 Å². The summed E-state index contributed by atoms with van der Waals surface area (Å²) in [6.07, 6.45) is 1.83. The van der Waals surface area contributed by atoms with Crippen LogP contribution in [0.2, 0.25) is 0 Å². The van der Waals surface area contributed by atoms with E-state index in [0.717, 1.165) is 28.6 Å². The summed E-state index contributed by atoms with van der Waals surface area (Å²) in [6.45, 7) is 1.85. The summed E-state index contributed by atoms with van der Waals surface area (Å²) in [5.74, 6) is -2.30. The number of aliphatic hydroxyl groups is 2. The SMILES string of the molecule is CCOC(=O)CC1(O)C(=O)Nc2ccc(F)cc21.OCCc1c[nH]c2ccc(F)cc12. The van der Waals surface area contributed by atoms with E-state index in [1.165, 1.54) is 18.2 Å². The first-order chi connectivity index (χ1) is 14.8. The lowest BCUT2D eigenvalue weighted by molar-refractivity contribution is -0.154. The van der Waals surface area contributed by atoms with Crippen molar-refractivity contribution in [3.63, 3.8) is 0 Å². The molecule has 1 amide bonds. The lowest BCUT2D eigenvalue weighted by Crippen LogP contribution is -2.37. The molecule has 3 aromatic rings. The summed E-state index contributed by atoms with van der Waals surface area (Å²) < 4.78 is 30.7. The molecule has 0 spiro atoms. The predicted octanol–water partition coefficient (Wildman–Crippen LogP) is 2.76. The highest BCUT2D eigenvalue weighted by Gasteiger charge is 2.47. The van der Waals surface area contributed by atoms with Gasteiger partial charge in [-0.3, -0.25) is 9.59 Å². The van der Waals surface area contributed by atoms with Crippen molar-refractivity contribution in [3.8, 4) is 0 Å². The van der Waals surface area contributed by atoms with Crippen molar-refractivity contribution in [2.24, 2.45) is 0 Å². The minimum absolute atomic E-state index is 0.0561. The van der Waals surface area contributed by atoms with Gasteiger partial charge in [0.05, 0.1) is 13.0 Å². The van der Waals surface area contributed by atoms with Crippen LogP contribution >= 0.6 is 0 Å². The third-order valence-corrected chi connectivity index (χ3v) is 4.87. The smallest absolute Gasteiger partial charge is 0.309 e. The number of aromatic nitrogens is 1. The maximum Gasteiger partial charge on any atom is 0.309 e. The van der Waals surface area contributed by atoms with Crippen molar-refractivity contribution < 1.29 is 33.3 Å². The number of amides is 1. The molecule has 0 fully saturated rings. The van der Waals surface area contributed by atoms with E-state index in [1.807, 2.05) is 0 Å². The Morgan fingerprint density at radius 1 is 1.16 bits per heavy atom. The van der Waals surface area contributed by atoms with Crippen molar-refractivity contribution in [1.82, 2.24) is 4.98 Å². The molecule has 0 saturated heterocycles. The van der Waals surface area contributed by atoms with Crippen LogP contribution < -0.4 is 5.32 Å². The third-order valence-electron chi connectivity index (χ3n) is 4.87. The fourth-order valence-corrected chi connectivity index (χ4v) is 3.39. The van der Waals surface area contributed by atoms with Gasteiger partial charge < -0.3 is 25.3 Å². The lowest BCUT2D eigenvalue weighted by atomic mass is 9.92. The normalized spacial score (nSPS) is 17.0. The first-order valence-corrected chi connectivity index (χ1v) is 9.64. The monoisotopic (exact) mass is 432 g/mol. The van der Waals surface area contributed by atoms with E-state index in [2.05, 4.69) is 15.0 Å². The maximum atomic E-state index is 13.2. The van der Waals surface area contributed by atoms with E-state index in [0.29, 0.717) is 12.1 Å². The fraction of sp³-hybridized carbons (Fsp3) is 0.273. The van der Waals surface area contributed by atoms with Crippen molar-refractivity contribution in [2.75, 3.05) is 18.5 Å². The molecule has 0 saturated carbocycles. The van der Waals surface area contributed by atoms with Crippen LogP contribution in [-0.4, -0.2) is 40.3 Å². The van der Waals surface area contributed by atoms with Crippen LogP contribution in [0, 0.1) is 11.6 Å². The summed E-state index contributed by atoms with van der Waals surface area (Å²) >= 11 is 0. The van der Waals surface area contributed by atoms with E-state index in [1.54, 1.807) is 19.2 Å². The van der Waals surface area contributed by atoms with Gasteiger partial charge in [0.1, 0.15) is 11.6 Å². The number of fused-ring (bicyclic) bond motifs is 2. The molecule has 1 aliphatic rings. The van der Waals surface area contributed by atoms with Crippen LogP contribution in [0.5, 0.6) is 0 Å². The molecule has 31 heavy (non-hydrogen) atoms. The first kappa shape index (κ1) is 22.4. The zero-order valence-electron chi connectivity index (χ0n) is 16.7. The molecule has 1 aliphatic heterocycles. The van der Waals surface area contributed by atoms with E-state index in [4.69, 9.17) is 5.11 Å². The maximum absolute atomic E-state index is 13.2. The van der Waals surface area contributed by atoms with Gasteiger partial charge in [0, 0.05) is 35.0 Å². The summed E-state index contributed by atoms with van der Waals surface area (Å²) in [4.78, 5) is 26.1. The molecule has 7 nitrogen and oxygen atoms in total. The summed E-state index contributed by atoms with van der Waals surface area (Å²) in [5.41, 5.74) is 0.152. The summed E-state index contributed by atoms with van der Waals surface area (Å²) in [5, 5.41) is 22.3. The van der Waals surface area contributed by atoms with Crippen LogP contribution in [0.4, 0.5) is 14.5 Å². The molecule has 2 heterocycles. The largest absolute Gasteiger partial charge is 0.466 e. The average Bonchev–Trinajstić information content (AvgIpc) is 3.22. The van der Waals surface area contributed by atoms with Gasteiger partial charge in [-0.2, -0.15) is 0 Å². The predicted molar refractivity (Wildman–Crippen MR) is 109 cm³/mol. The van der Waals surface area contributed by atoms with Gasteiger partial charge >= 0.3 is 5.97 Å². The molecule has 0 bridgehead atoms. The minimum Gasteiger partial charge on any atom is -0.466 e. The second kappa shape index (κ2) is 9.23. The zero-order chi connectivity index (χ0) is 22.6. The lowest BCUT2D eigenvalue weighted by Gasteiger charge is -2.19. The van der Waals surface area contributed by atoms with E-state index < -0.39 is 29.7 Å². The van der Waals surface area contributed by atoms with E-state index in [9.17, 15) is 23.5 Å². The number of hydrogen-bond donors (Lipinski definition) is 4. The number of ether oxygens (including phenoxy) is 1. The molecule has 4 N–H and O–H groups in total. The van der Waals surface area contributed by atoms with Crippen LogP contribution in [-0.2, 0) is 26.3 Å². The number of benzene rings is 2. The highest BCUT2D eigenvalue weighted by Crippen LogP contribution is 2.38. The van der Waals surface area contributed by atoms with Gasteiger partial charge in [0.2, 0.25) is 0 Å². The number of nitrogens with one attached hydrogen (secondary N) is 2. The van der Waals surface area contributed by atoms with Crippen LogP contribution in [0.1, 0.15) is 24.5 Å². The number of rotatable bonds is 5. The molecule has 0 aliphatic carbocycles. The van der Waals surface area contributed by atoms with Gasteiger partial charge in [-0.15, -0.1) is 0 Å². The molecule has 1 atom stereocenters. The molecule has 9 heteroatoms. The Morgan fingerprint density at radius 3 is 2.58 bits per heavy atom. The summed E-state index contributed by atoms with van der Waals surface area (Å²) in [7, 11) is 0. The van der Waals surface area contributed by atoms with Gasteiger partial charge in [-0.25, -0.2) is 8.78 Å². The van der Waals surface area contributed by atoms with Crippen LogP contribution in [0.3, 0.4) is 0 Å². The molecule has 1 unspecified atom stereocenters. The Bertz CT molecular complexity index is 1110. The third kappa shape index (κ3) is 4.73. The minimum atomic E-state index is -2.07. The van der Waals surface area contributed by atoms with Gasteiger partial charge in [0.15, 0.2) is 5.60 Å². The number of halogens is 2. The fourth-order valence-electron chi connectivity index (χ4n) is 3.39. The quantitative estimate of drug-likeness (QED) is 0.464. The number of aromatic amines is 1. The Hall–Kier alpha value is -3.30. The van der Waals surface area contributed by atoms with E-state index >= 15 is 0 Å². The molecule has 164 valence electrons. The number of esters is 1. The van der Waals surface area contributed by atoms with Crippen molar-refractivity contribution in [2.45, 2.75) is 25.4 Å². The number of carbonyl (C=O) groups excluding carboxylic acids is 2. The van der Waals surface area contributed by atoms with E-state index in [-0.39, 0.29) is 24.6 Å². The molecule has 0 radical (unpaired) electrons. The molecular weight excluding hydrogens is 410 g/mol.